The molecule has 0 aliphatic carbocycles. The van der Waals surface area contributed by atoms with E-state index in [0.29, 0.717) is 5.15 Å². The van der Waals surface area contributed by atoms with Crippen molar-refractivity contribution < 1.29 is 0 Å². The number of hydrogen-bond donors (Lipinski definition) is 0. The second-order valence-corrected chi connectivity index (χ2v) is 3.75. The summed E-state index contributed by atoms with van der Waals surface area (Å²) < 4.78 is 0. The van der Waals surface area contributed by atoms with Gasteiger partial charge >= 0.3 is 0 Å². The number of anilines is 1. The van der Waals surface area contributed by atoms with E-state index in [1.807, 2.05) is 14.0 Å². The third kappa shape index (κ3) is 2.58. The summed E-state index contributed by atoms with van der Waals surface area (Å²) in [5.41, 5.74) is 0.952. The maximum absolute atomic E-state index is 5.91. The molecule has 0 aliphatic heterocycles. The van der Waals surface area contributed by atoms with Crippen LogP contribution in [-0.4, -0.2) is 23.6 Å². The second-order valence-electron chi connectivity index (χ2n) is 3.39. The Morgan fingerprint density at radius 1 is 1.43 bits per heavy atom. The van der Waals surface area contributed by atoms with Crippen molar-refractivity contribution in [3.8, 4) is 0 Å². The van der Waals surface area contributed by atoms with Crippen LogP contribution in [-0.2, 0) is 0 Å². The van der Waals surface area contributed by atoms with Gasteiger partial charge in [-0.05, 0) is 13.3 Å². The number of nitrogens with zero attached hydrogens (tertiary/aromatic N) is 3. The standard InChI is InChI=1S/C10H16ClN3/c1-4-5-6-14(3)10-8(2)9(11)12-7-13-10/h7H,4-6H2,1-3H3. The molecule has 1 rings (SSSR count). The number of halogens is 1. The van der Waals surface area contributed by atoms with Gasteiger partial charge in [0, 0.05) is 19.2 Å². The van der Waals surface area contributed by atoms with Crippen molar-refractivity contribution in [2.75, 3.05) is 18.5 Å². The summed E-state index contributed by atoms with van der Waals surface area (Å²) in [5, 5.41) is 0.540. The molecule has 14 heavy (non-hydrogen) atoms. The van der Waals surface area contributed by atoms with E-state index >= 15 is 0 Å². The summed E-state index contributed by atoms with van der Waals surface area (Å²) in [7, 11) is 2.03. The van der Waals surface area contributed by atoms with Gasteiger partial charge in [0.15, 0.2) is 0 Å². The maximum atomic E-state index is 5.91. The summed E-state index contributed by atoms with van der Waals surface area (Å²) >= 11 is 5.91. The zero-order chi connectivity index (χ0) is 10.6. The number of unbranched alkanes of at least 4 members (excludes halogenated alkanes) is 1. The molecule has 4 heteroatoms. The van der Waals surface area contributed by atoms with E-state index in [0.717, 1.165) is 24.3 Å². The highest BCUT2D eigenvalue weighted by atomic mass is 35.5. The Hall–Kier alpha value is -0.830. The molecular weight excluding hydrogens is 198 g/mol. The van der Waals surface area contributed by atoms with E-state index < -0.39 is 0 Å². The lowest BCUT2D eigenvalue weighted by molar-refractivity contribution is 0.756. The summed E-state index contributed by atoms with van der Waals surface area (Å²) in [6.07, 6.45) is 3.85. The number of rotatable bonds is 4. The largest absolute Gasteiger partial charge is 0.359 e. The van der Waals surface area contributed by atoms with Crippen LogP contribution in [0, 0.1) is 6.92 Å². The van der Waals surface area contributed by atoms with Gasteiger partial charge in [-0.3, -0.25) is 0 Å². The molecule has 0 fully saturated rings. The fourth-order valence-corrected chi connectivity index (χ4v) is 1.43. The van der Waals surface area contributed by atoms with Crippen molar-refractivity contribution in [2.24, 2.45) is 0 Å². The molecule has 0 saturated carbocycles. The highest BCUT2D eigenvalue weighted by Gasteiger charge is 2.08. The van der Waals surface area contributed by atoms with Crippen molar-refractivity contribution >= 4 is 17.4 Å². The first-order chi connectivity index (χ1) is 6.66. The van der Waals surface area contributed by atoms with Gasteiger partial charge in [0.1, 0.15) is 17.3 Å². The maximum Gasteiger partial charge on any atom is 0.137 e. The molecular formula is C10H16ClN3. The fourth-order valence-electron chi connectivity index (χ4n) is 1.31. The lowest BCUT2D eigenvalue weighted by Crippen LogP contribution is -2.20. The van der Waals surface area contributed by atoms with Gasteiger partial charge in [0.05, 0.1) is 0 Å². The normalized spacial score (nSPS) is 10.3. The number of hydrogen-bond acceptors (Lipinski definition) is 3. The van der Waals surface area contributed by atoms with Gasteiger partial charge < -0.3 is 4.90 Å². The third-order valence-corrected chi connectivity index (χ3v) is 2.59. The van der Waals surface area contributed by atoms with Crippen molar-refractivity contribution in [3.05, 3.63) is 17.0 Å². The van der Waals surface area contributed by atoms with Crippen molar-refractivity contribution in [2.45, 2.75) is 26.7 Å². The number of aromatic nitrogens is 2. The van der Waals surface area contributed by atoms with Crippen LogP contribution in [0.5, 0.6) is 0 Å². The van der Waals surface area contributed by atoms with Crippen LogP contribution >= 0.6 is 11.6 Å². The Morgan fingerprint density at radius 3 is 2.79 bits per heavy atom. The van der Waals surface area contributed by atoms with Crippen molar-refractivity contribution in [1.82, 2.24) is 9.97 Å². The Kier molecular flexibility index (Phi) is 4.14. The molecule has 78 valence electrons. The summed E-state index contributed by atoms with van der Waals surface area (Å²) in [4.78, 5) is 10.3. The molecule has 0 bridgehead atoms. The van der Waals surface area contributed by atoms with Gasteiger partial charge in [0.2, 0.25) is 0 Å². The van der Waals surface area contributed by atoms with Crippen molar-refractivity contribution in [1.29, 1.82) is 0 Å². The smallest absolute Gasteiger partial charge is 0.137 e. The van der Waals surface area contributed by atoms with Crippen LogP contribution in [0.2, 0.25) is 5.15 Å². The van der Waals surface area contributed by atoms with Gasteiger partial charge in [-0.25, -0.2) is 9.97 Å². The van der Waals surface area contributed by atoms with Gasteiger partial charge in [-0.15, -0.1) is 0 Å². The Labute approximate surface area is 90.1 Å². The molecule has 3 nitrogen and oxygen atoms in total. The highest BCUT2D eigenvalue weighted by Crippen LogP contribution is 2.20. The highest BCUT2D eigenvalue weighted by molar-refractivity contribution is 6.30. The quantitative estimate of drug-likeness (QED) is 0.721. The third-order valence-electron chi connectivity index (χ3n) is 2.20. The first-order valence-corrected chi connectivity index (χ1v) is 5.22. The second kappa shape index (κ2) is 5.15. The molecule has 1 heterocycles. The lowest BCUT2D eigenvalue weighted by Gasteiger charge is -2.19. The van der Waals surface area contributed by atoms with Gasteiger partial charge in [-0.1, -0.05) is 24.9 Å². The average molecular weight is 214 g/mol. The van der Waals surface area contributed by atoms with E-state index in [9.17, 15) is 0 Å². The van der Waals surface area contributed by atoms with Crippen LogP contribution in [0.4, 0.5) is 5.82 Å². The van der Waals surface area contributed by atoms with E-state index in [2.05, 4.69) is 21.8 Å². The lowest BCUT2D eigenvalue weighted by atomic mass is 10.3. The molecule has 0 unspecified atom stereocenters. The molecule has 0 aliphatic rings. The van der Waals surface area contributed by atoms with E-state index in [-0.39, 0.29) is 0 Å². The minimum Gasteiger partial charge on any atom is -0.359 e. The molecule has 0 spiro atoms. The molecule has 0 atom stereocenters. The van der Waals surface area contributed by atoms with Crippen LogP contribution < -0.4 is 4.90 Å². The minimum absolute atomic E-state index is 0.540. The van der Waals surface area contributed by atoms with Crippen LogP contribution in [0.3, 0.4) is 0 Å². The molecule has 0 aromatic carbocycles. The topological polar surface area (TPSA) is 29.0 Å². The summed E-state index contributed by atoms with van der Waals surface area (Å²) in [5.74, 6) is 0.929. The Bertz CT molecular complexity index is 301. The predicted molar refractivity (Wildman–Crippen MR) is 60.0 cm³/mol. The average Bonchev–Trinajstić information content (AvgIpc) is 2.18. The SMILES string of the molecule is CCCCN(C)c1ncnc(Cl)c1C. The molecule has 1 aromatic rings. The summed E-state index contributed by atoms with van der Waals surface area (Å²) in [6.45, 7) is 5.12. The molecule has 0 saturated heterocycles. The molecule has 0 radical (unpaired) electrons. The van der Waals surface area contributed by atoms with Gasteiger partial charge in [-0.2, -0.15) is 0 Å². The molecule has 0 N–H and O–H groups in total. The fraction of sp³-hybridized carbons (Fsp3) is 0.600. The zero-order valence-electron chi connectivity index (χ0n) is 8.92. The van der Waals surface area contributed by atoms with Crippen LogP contribution in [0.15, 0.2) is 6.33 Å². The van der Waals surface area contributed by atoms with E-state index in [1.54, 1.807) is 0 Å². The van der Waals surface area contributed by atoms with E-state index in [4.69, 9.17) is 11.6 Å². The first kappa shape index (κ1) is 11.2. The molecule has 1 aromatic heterocycles. The van der Waals surface area contributed by atoms with Crippen LogP contribution in [0.25, 0.3) is 0 Å². The van der Waals surface area contributed by atoms with Crippen LogP contribution in [0.1, 0.15) is 25.3 Å². The monoisotopic (exact) mass is 213 g/mol. The van der Waals surface area contributed by atoms with Gasteiger partial charge in [0.25, 0.3) is 0 Å². The Balaban J connectivity index is 2.79. The first-order valence-electron chi connectivity index (χ1n) is 4.85. The minimum atomic E-state index is 0.540. The Morgan fingerprint density at radius 2 is 2.14 bits per heavy atom. The molecule has 0 amide bonds. The zero-order valence-corrected chi connectivity index (χ0v) is 9.67. The predicted octanol–water partition coefficient (Wildman–Crippen LogP) is 2.67. The summed E-state index contributed by atoms with van der Waals surface area (Å²) in [6, 6.07) is 0. The van der Waals surface area contributed by atoms with Crippen molar-refractivity contribution in [3.63, 3.8) is 0 Å². The van der Waals surface area contributed by atoms with E-state index in [1.165, 1.54) is 12.7 Å².